The van der Waals surface area contributed by atoms with Gasteiger partial charge in [-0.1, -0.05) is 0 Å². The van der Waals surface area contributed by atoms with Crippen molar-refractivity contribution in [1.82, 2.24) is 9.88 Å². The summed E-state index contributed by atoms with van der Waals surface area (Å²) in [5.41, 5.74) is 6.22. The molecule has 0 radical (unpaired) electrons. The van der Waals surface area contributed by atoms with Gasteiger partial charge in [0.2, 0.25) is 0 Å². The molecule has 0 unspecified atom stereocenters. The number of carbonyl (C=O) groups excluding carboxylic acids is 1. The first-order valence-corrected chi connectivity index (χ1v) is 5.62. The third kappa shape index (κ3) is 2.35. The van der Waals surface area contributed by atoms with E-state index >= 15 is 0 Å². The van der Waals surface area contributed by atoms with Crippen LogP contribution in [0.25, 0.3) is 0 Å². The maximum Gasteiger partial charge on any atom is 0.272 e. The molecule has 15 heavy (non-hydrogen) atoms. The van der Waals surface area contributed by atoms with Crippen LogP contribution >= 0.6 is 15.9 Å². The van der Waals surface area contributed by atoms with Gasteiger partial charge in [-0.3, -0.25) is 4.79 Å². The number of nitrogens with zero attached hydrogens (tertiary/aromatic N) is 2. The van der Waals surface area contributed by atoms with Crippen LogP contribution < -0.4 is 5.73 Å². The van der Waals surface area contributed by atoms with E-state index in [-0.39, 0.29) is 11.9 Å². The molecule has 0 bridgehead atoms. The summed E-state index contributed by atoms with van der Waals surface area (Å²) in [5.74, 6) is -0.0320. The van der Waals surface area contributed by atoms with Crippen LogP contribution in [-0.4, -0.2) is 34.9 Å². The third-order valence-corrected chi connectivity index (χ3v) is 2.93. The second kappa shape index (κ2) is 4.28. The van der Waals surface area contributed by atoms with E-state index < -0.39 is 0 Å². The van der Waals surface area contributed by atoms with E-state index in [0.29, 0.717) is 12.2 Å². The van der Waals surface area contributed by atoms with E-state index in [2.05, 4.69) is 20.9 Å². The Balaban J connectivity index is 2.11. The predicted octanol–water partition coefficient (Wildman–Crippen LogP) is 1.02. The lowest BCUT2D eigenvalue weighted by Gasteiger charge is -2.14. The molecular weight excluding hydrogens is 258 g/mol. The molecule has 1 saturated heterocycles. The molecule has 2 heterocycles. The number of rotatable bonds is 1. The summed E-state index contributed by atoms with van der Waals surface area (Å²) >= 11 is 3.28. The van der Waals surface area contributed by atoms with Crippen LogP contribution in [0.15, 0.2) is 22.8 Å². The molecule has 0 aliphatic carbocycles. The molecule has 2 N–H and O–H groups in total. The molecule has 0 spiro atoms. The highest BCUT2D eigenvalue weighted by atomic mass is 79.9. The van der Waals surface area contributed by atoms with Crippen LogP contribution in [0.2, 0.25) is 0 Å². The lowest BCUT2D eigenvalue weighted by Crippen LogP contribution is -2.32. The fourth-order valence-electron chi connectivity index (χ4n) is 1.64. The highest BCUT2D eigenvalue weighted by molar-refractivity contribution is 9.10. The molecule has 4 nitrogen and oxygen atoms in total. The Morgan fingerprint density at radius 2 is 2.40 bits per heavy atom. The molecule has 0 saturated carbocycles. The number of likely N-dealkylation sites (tertiary alicyclic amines) is 1. The van der Waals surface area contributed by atoms with Crippen molar-refractivity contribution in [3.8, 4) is 0 Å². The van der Waals surface area contributed by atoms with E-state index in [4.69, 9.17) is 5.73 Å². The highest BCUT2D eigenvalue weighted by Crippen LogP contribution is 2.13. The highest BCUT2D eigenvalue weighted by Gasteiger charge is 2.24. The van der Waals surface area contributed by atoms with Crippen molar-refractivity contribution in [3.05, 3.63) is 28.5 Å². The Morgan fingerprint density at radius 1 is 1.60 bits per heavy atom. The van der Waals surface area contributed by atoms with Gasteiger partial charge < -0.3 is 10.6 Å². The van der Waals surface area contributed by atoms with Gasteiger partial charge in [0, 0.05) is 29.8 Å². The van der Waals surface area contributed by atoms with Gasteiger partial charge in [-0.25, -0.2) is 4.98 Å². The van der Waals surface area contributed by atoms with E-state index in [1.165, 1.54) is 0 Å². The average Bonchev–Trinajstić information content (AvgIpc) is 2.65. The Morgan fingerprint density at radius 3 is 2.93 bits per heavy atom. The molecule has 1 fully saturated rings. The van der Waals surface area contributed by atoms with Gasteiger partial charge in [-0.05, 0) is 34.5 Å². The van der Waals surface area contributed by atoms with Crippen molar-refractivity contribution in [1.29, 1.82) is 0 Å². The minimum absolute atomic E-state index is 0.0320. The topological polar surface area (TPSA) is 59.2 Å². The number of pyridine rings is 1. The number of aromatic nitrogens is 1. The first-order chi connectivity index (χ1) is 7.16. The van der Waals surface area contributed by atoms with Crippen LogP contribution in [0.5, 0.6) is 0 Å². The number of hydrogen-bond donors (Lipinski definition) is 1. The van der Waals surface area contributed by atoms with Crippen molar-refractivity contribution in [2.75, 3.05) is 13.1 Å². The molecule has 80 valence electrons. The zero-order chi connectivity index (χ0) is 10.8. The van der Waals surface area contributed by atoms with Gasteiger partial charge >= 0.3 is 0 Å². The Bertz CT molecular complexity index is 365. The van der Waals surface area contributed by atoms with Crippen LogP contribution in [-0.2, 0) is 0 Å². The SMILES string of the molecule is N[C@H]1CCN(C(=O)c2ccc(Br)cn2)C1. The standard InChI is InChI=1S/C10H12BrN3O/c11-7-1-2-9(13-5-7)10(15)14-4-3-8(12)6-14/h1-2,5,8H,3-4,6,12H2/t8-/m0/s1. The smallest absolute Gasteiger partial charge is 0.272 e. The summed E-state index contributed by atoms with van der Waals surface area (Å²) in [4.78, 5) is 17.7. The predicted molar refractivity (Wildman–Crippen MR) is 60.4 cm³/mol. The van der Waals surface area contributed by atoms with E-state index in [9.17, 15) is 4.79 Å². The second-order valence-electron chi connectivity index (χ2n) is 3.66. The number of nitrogens with two attached hydrogens (primary N) is 1. The molecule has 5 heteroatoms. The summed E-state index contributed by atoms with van der Waals surface area (Å²) < 4.78 is 0.872. The molecule has 1 amide bonds. The molecule has 1 aliphatic rings. The summed E-state index contributed by atoms with van der Waals surface area (Å²) in [5, 5.41) is 0. The molecule has 1 aliphatic heterocycles. The maximum absolute atomic E-state index is 11.9. The Hall–Kier alpha value is -0.940. The molecule has 0 aromatic carbocycles. The summed E-state index contributed by atoms with van der Waals surface area (Å²) in [6.45, 7) is 1.37. The van der Waals surface area contributed by atoms with Gasteiger partial charge in [-0.15, -0.1) is 0 Å². The minimum Gasteiger partial charge on any atom is -0.336 e. The van der Waals surface area contributed by atoms with E-state index in [1.807, 2.05) is 6.07 Å². The minimum atomic E-state index is -0.0320. The molecular formula is C10H12BrN3O. The quantitative estimate of drug-likeness (QED) is 0.828. The first kappa shape index (κ1) is 10.6. The van der Waals surface area contributed by atoms with Gasteiger partial charge in [-0.2, -0.15) is 0 Å². The Labute approximate surface area is 96.6 Å². The number of amides is 1. The summed E-state index contributed by atoms with van der Waals surface area (Å²) in [6.07, 6.45) is 2.51. The van der Waals surface area contributed by atoms with Crippen LogP contribution in [0, 0.1) is 0 Å². The van der Waals surface area contributed by atoms with Gasteiger partial charge in [0.15, 0.2) is 0 Å². The van der Waals surface area contributed by atoms with Gasteiger partial charge in [0.25, 0.3) is 5.91 Å². The average molecular weight is 270 g/mol. The van der Waals surface area contributed by atoms with Gasteiger partial charge in [0.05, 0.1) is 0 Å². The van der Waals surface area contributed by atoms with Crippen LogP contribution in [0.4, 0.5) is 0 Å². The number of carbonyl (C=O) groups is 1. The zero-order valence-electron chi connectivity index (χ0n) is 8.19. The van der Waals surface area contributed by atoms with Crippen molar-refractivity contribution < 1.29 is 4.79 Å². The Kier molecular flexibility index (Phi) is 3.02. The van der Waals surface area contributed by atoms with Gasteiger partial charge in [0.1, 0.15) is 5.69 Å². The lowest BCUT2D eigenvalue weighted by molar-refractivity contribution is 0.0785. The van der Waals surface area contributed by atoms with Crippen molar-refractivity contribution >= 4 is 21.8 Å². The number of halogens is 1. The monoisotopic (exact) mass is 269 g/mol. The van der Waals surface area contributed by atoms with E-state index in [0.717, 1.165) is 17.4 Å². The second-order valence-corrected chi connectivity index (χ2v) is 4.58. The fourth-order valence-corrected chi connectivity index (χ4v) is 1.87. The van der Waals surface area contributed by atoms with E-state index in [1.54, 1.807) is 17.2 Å². The van der Waals surface area contributed by atoms with Crippen molar-refractivity contribution in [2.24, 2.45) is 5.73 Å². The summed E-state index contributed by atoms with van der Waals surface area (Å²) in [7, 11) is 0. The summed E-state index contributed by atoms with van der Waals surface area (Å²) in [6, 6.07) is 3.65. The fraction of sp³-hybridized carbons (Fsp3) is 0.400. The molecule has 2 rings (SSSR count). The molecule has 1 aromatic rings. The first-order valence-electron chi connectivity index (χ1n) is 4.83. The normalized spacial score (nSPS) is 20.7. The largest absolute Gasteiger partial charge is 0.336 e. The zero-order valence-corrected chi connectivity index (χ0v) is 9.77. The number of hydrogen-bond acceptors (Lipinski definition) is 3. The van der Waals surface area contributed by atoms with Crippen molar-refractivity contribution in [2.45, 2.75) is 12.5 Å². The molecule has 1 atom stereocenters. The van der Waals surface area contributed by atoms with Crippen molar-refractivity contribution in [3.63, 3.8) is 0 Å². The van der Waals surface area contributed by atoms with Crippen LogP contribution in [0.1, 0.15) is 16.9 Å². The van der Waals surface area contributed by atoms with Crippen LogP contribution in [0.3, 0.4) is 0 Å². The third-order valence-electron chi connectivity index (χ3n) is 2.46. The lowest BCUT2D eigenvalue weighted by atomic mass is 10.3. The molecule has 1 aromatic heterocycles. The maximum atomic E-state index is 11.9.